The Labute approximate surface area is 111 Å². The van der Waals surface area contributed by atoms with Crippen LogP contribution in [0.3, 0.4) is 0 Å². The molecule has 96 valence electrons. The van der Waals surface area contributed by atoms with Gasteiger partial charge in [-0.1, -0.05) is 48.0 Å². The maximum Gasteiger partial charge on any atom is 0.307 e. The van der Waals surface area contributed by atoms with E-state index in [0.29, 0.717) is 16.7 Å². The molecule has 0 fully saturated rings. The molecule has 0 aliphatic carbocycles. The van der Waals surface area contributed by atoms with Gasteiger partial charge in [-0.05, 0) is 18.6 Å². The molecule has 0 amide bonds. The summed E-state index contributed by atoms with van der Waals surface area (Å²) in [4.78, 5) is 23.3. The predicted molar refractivity (Wildman–Crippen MR) is 72.4 cm³/mol. The molecule has 2 aromatic rings. The second-order valence-electron chi connectivity index (χ2n) is 4.43. The highest BCUT2D eigenvalue weighted by Gasteiger charge is 2.15. The van der Waals surface area contributed by atoms with Crippen LogP contribution in [0.15, 0.2) is 48.5 Å². The Morgan fingerprint density at radius 3 is 2.37 bits per heavy atom. The molecule has 0 saturated carbocycles. The van der Waals surface area contributed by atoms with Gasteiger partial charge in [0.1, 0.15) is 0 Å². The van der Waals surface area contributed by atoms with Gasteiger partial charge < -0.3 is 5.11 Å². The first-order valence-corrected chi connectivity index (χ1v) is 5.99. The topological polar surface area (TPSA) is 54.4 Å². The first kappa shape index (κ1) is 13.0. The predicted octanol–water partition coefficient (Wildman–Crippen LogP) is 2.85. The third-order valence-electron chi connectivity index (χ3n) is 2.89. The SMILES string of the molecule is Cc1ccc(CC(=O)O)c(C(=O)c2ccccc2)c1. The van der Waals surface area contributed by atoms with Gasteiger partial charge in [-0.2, -0.15) is 0 Å². The summed E-state index contributed by atoms with van der Waals surface area (Å²) in [6.07, 6.45) is -0.145. The molecule has 0 atom stereocenters. The Morgan fingerprint density at radius 2 is 1.74 bits per heavy atom. The minimum Gasteiger partial charge on any atom is -0.481 e. The van der Waals surface area contributed by atoms with Crippen molar-refractivity contribution in [3.63, 3.8) is 0 Å². The fourth-order valence-corrected chi connectivity index (χ4v) is 1.96. The summed E-state index contributed by atoms with van der Waals surface area (Å²) in [6.45, 7) is 1.88. The molecule has 0 spiro atoms. The molecule has 1 N–H and O–H groups in total. The smallest absolute Gasteiger partial charge is 0.307 e. The largest absolute Gasteiger partial charge is 0.481 e. The molecule has 0 radical (unpaired) electrons. The monoisotopic (exact) mass is 254 g/mol. The molecular weight excluding hydrogens is 240 g/mol. The lowest BCUT2D eigenvalue weighted by molar-refractivity contribution is -0.136. The number of carbonyl (C=O) groups is 2. The van der Waals surface area contributed by atoms with Crippen LogP contribution in [0, 0.1) is 6.92 Å². The highest BCUT2D eigenvalue weighted by atomic mass is 16.4. The number of hydrogen-bond acceptors (Lipinski definition) is 2. The number of hydrogen-bond donors (Lipinski definition) is 1. The third-order valence-corrected chi connectivity index (χ3v) is 2.89. The van der Waals surface area contributed by atoms with E-state index in [0.717, 1.165) is 5.56 Å². The van der Waals surface area contributed by atoms with E-state index in [-0.39, 0.29) is 12.2 Å². The van der Waals surface area contributed by atoms with Crippen LogP contribution in [-0.2, 0) is 11.2 Å². The number of carboxylic acids is 1. The quantitative estimate of drug-likeness (QED) is 0.853. The van der Waals surface area contributed by atoms with Crippen LogP contribution in [0.25, 0.3) is 0 Å². The highest BCUT2D eigenvalue weighted by molar-refractivity contribution is 6.10. The van der Waals surface area contributed by atoms with Gasteiger partial charge in [-0.15, -0.1) is 0 Å². The van der Waals surface area contributed by atoms with Crippen LogP contribution in [0.2, 0.25) is 0 Å². The normalized spacial score (nSPS) is 10.2. The van der Waals surface area contributed by atoms with Crippen LogP contribution in [0.4, 0.5) is 0 Å². The first-order chi connectivity index (χ1) is 9.08. The van der Waals surface area contributed by atoms with Crippen LogP contribution in [0.1, 0.15) is 27.0 Å². The van der Waals surface area contributed by atoms with Crippen molar-refractivity contribution in [2.75, 3.05) is 0 Å². The standard InChI is InChI=1S/C16H14O3/c1-11-7-8-13(10-15(17)18)14(9-11)16(19)12-5-3-2-4-6-12/h2-9H,10H2,1H3,(H,17,18). The molecule has 0 unspecified atom stereocenters. The van der Waals surface area contributed by atoms with E-state index in [1.165, 1.54) is 0 Å². The minimum atomic E-state index is -0.939. The van der Waals surface area contributed by atoms with Gasteiger partial charge >= 0.3 is 5.97 Å². The van der Waals surface area contributed by atoms with Crippen LogP contribution < -0.4 is 0 Å². The number of ketones is 1. The molecular formula is C16H14O3. The Morgan fingerprint density at radius 1 is 1.05 bits per heavy atom. The summed E-state index contributed by atoms with van der Waals surface area (Å²) in [5, 5.41) is 8.90. The molecule has 3 nitrogen and oxygen atoms in total. The lowest BCUT2D eigenvalue weighted by Gasteiger charge is -2.08. The first-order valence-electron chi connectivity index (χ1n) is 5.99. The number of benzene rings is 2. The van der Waals surface area contributed by atoms with Crippen molar-refractivity contribution in [3.05, 3.63) is 70.8 Å². The highest BCUT2D eigenvalue weighted by Crippen LogP contribution is 2.17. The number of rotatable bonds is 4. The fourth-order valence-electron chi connectivity index (χ4n) is 1.96. The summed E-state index contributed by atoms with van der Waals surface area (Å²) in [6, 6.07) is 14.2. The van der Waals surface area contributed by atoms with Crippen LogP contribution in [-0.4, -0.2) is 16.9 Å². The van der Waals surface area contributed by atoms with E-state index >= 15 is 0 Å². The van der Waals surface area contributed by atoms with Crippen molar-refractivity contribution in [2.45, 2.75) is 13.3 Å². The van der Waals surface area contributed by atoms with Gasteiger partial charge in [0.25, 0.3) is 0 Å². The molecule has 2 aromatic carbocycles. The molecule has 0 aliphatic rings. The maximum absolute atomic E-state index is 12.4. The molecule has 0 heterocycles. The Bertz CT molecular complexity index is 615. The summed E-state index contributed by atoms with van der Waals surface area (Å²) >= 11 is 0. The fraction of sp³-hybridized carbons (Fsp3) is 0.125. The van der Waals surface area contributed by atoms with E-state index in [9.17, 15) is 9.59 Å². The van der Waals surface area contributed by atoms with Crippen molar-refractivity contribution < 1.29 is 14.7 Å². The maximum atomic E-state index is 12.4. The van der Waals surface area contributed by atoms with Crippen molar-refractivity contribution in [3.8, 4) is 0 Å². The average Bonchev–Trinajstić information content (AvgIpc) is 2.40. The molecule has 0 aliphatic heterocycles. The summed E-state index contributed by atoms with van der Waals surface area (Å²) < 4.78 is 0. The van der Waals surface area contributed by atoms with E-state index < -0.39 is 5.97 Å². The molecule has 3 heteroatoms. The third kappa shape index (κ3) is 3.07. The second-order valence-corrected chi connectivity index (χ2v) is 4.43. The summed E-state index contributed by atoms with van der Waals surface area (Å²) in [5.41, 5.74) is 2.52. The number of aryl methyl sites for hydroxylation is 1. The van der Waals surface area contributed by atoms with E-state index in [1.807, 2.05) is 19.1 Å². The van der Waals surface area contributed by atoms with Gasteiger partial charge in [0.15, 0.2) is 5.78 Å². The van der Waals surface area contributed by atoms with Crippen molar-refractivity contribution >= 4 is 11.8 Å². The lowest BCUT2D eigenvalue weighted by atomic mass is 9.95. The van der Waals surface area contributed by atoms with Crippen molar-refractivity contribution in [1.82, 2.24) is 0 Å². The Kier molecular flexibility index (Phi) is 3.76. The number of carbonyl (C=O) groups excluding carboxylic acids is 1. The number of carboxylic acid groups (broad SMARTS) is 1. The van der Waals surface area contributed by atoms with Gasteiger partial charge in [0, 0.05) is 11.1 Å². The summed E-state index contributed by atoms with van der Waals surface area (Å²) in [5.74, 6) is -1.08. The Balaban J connectivity index is 2.45. The van der Waals surface area contributed by atoms with E-state index in [1.54, 1.807) is 36.4 Å². The molecule has 0 bridgehead atoms. The van der Waals surface area contributed by atoms with E-state index in [4.69, 9.17) is 5.11 Å². The van der Waals surface area contributed by atoms with Crippen LogP contribution in [0.5, 0.6) is 0 Å². The average molecular weight is 254 g/mol. The molecule has 0 saturated heterocycles. The van der Waals surface area contributed by atoms with Crippen molar-refractivity contribution in [2.24, 2.45) is 0 Å². The molecule has 2 rings (SSSR count). The molecule has 19 heavy (non-hydrogen) atoms. The van der Waals surface area contributed by atoms with Gasteiger partial charge in [-0.25, -0.2) is 0 Å². The lowest BCUT2D eigenvalue weighted by Crippen LogP contribution is -2.09. The second kappa shape index (κ2) is 5.48. The zero-order valence-electron chi connectivity index (χ0n) is 10.6. The zero-order valence-corrected chi connectivity index (χ0v) is 10.6. The van der Waals surface area contributed by atoms with Gasteiger partial charge in [0.2, 0.25) is 0 Å². The number of aliphatic carboxylic acids is 1. The zero-order chi connectivity index (χ0) is 13.8. The minimum absolute atomic E-state index is 0.138. The van der Waals surface area contributed by atoms with Crippen LogP contribution >= 0.6 is 0 Å². The summed E-state index contributed by atoms with van der Waals surface area (Å²) in [7, 11) is 0. The Hall–Kier alpha value is -2.42. The van der Waals surface area contributed by atoms with E-state index in [2.05, 4.69) is 0 Å². The van der Waals surface area contributed by atoms with Gasteiger partial charge in [-0.3, -0.25) is 9.59 Å². The molecule has 0 aromatic heterocycles. The van der Waals surface area contributed by atoms with Gasteiger partial charge in [0.05, 0.1) is 6.42 Å². The van der Waals surface area contributed by atoms with Crippen molar-refractivity contribution in [1.29, 1.82) is 0 Å².